The van der Waals surface area contributed by atoms with Crippen LogP contribution in [0.4, 0.5) is 0 Å². The number of carbonyl (C=O) groups excluding carboxylic acids is 1. The largest absolute Gasteiger partial charge is 0.481 e. The molecule has 6 nitrogen and oxygen atoms in total. The summed E-state index contributed by atoms with van der Waals surface area (Å²) in [5, 5.41) is 10.6. The number of carboxylic acid groups (broad SMARTS) is 1. The fourth-order valence-corrected chi connectivity index (χ4v) is 3.81. The number of hydrogen-bond acceptors (Lipinski definition) is 4. The number of aliphatic carboxylic acids is 1. The highest BCUT2D eigenvalue weighted by molar-refractivity contribution is 6.34. The van der Waals surface area contributed by atoms with Crippen LogP contribution in [0.1, 0.15) is 37.9 Å². The van der Waals surface area contributed by atoms with Crippen LogP contribution in [0.15, 0.2) is 30.7 Å². The Labute approximate surface area is 174 Å². The number of imidazole rings is 1. The third-order valence-electron chi connectivity index (χ3n) is 4.41. The number of carboxylic acids is 1. The normalized spacial score (nSPS) is 13.3. The van der Waals surface area contributed by atoms with Gasteiger partial charge in [0, 0.05) is 34.9 Å². The summed E-state index contributed by atoms with van der Waals surface area (Å²) in [5.74, 6) is -1.22. The highest BCUT2D eigenvalue weighted by Crippen LogP contribution is 2.23. The van der Waals surface area contributed by atoms with Crippen LogP contribution < -0.4 is 0 Å². The van der Waals surface area contributed by atoms with Crippen LogP contribution >= 0.6 is 23.2 Å². The van der Waals surface area contributed by atoms with E-state index in [4.69, 9.17) is 27.9 Å². The Morgan fingerprint density at radius 2 is 1.93 bits per heavy atom. The van der Waals surface area contributed by atoms with Gasteiger partial charge >= 0.3 is 5.97 Å². The van der Waals surface area contributed by atoms with Crippen molar-refractivity contribution in [2.75, 3.05) is 0 Å². The van der Waals surface area contributed by atoms with Crippen molar-refractivity contribution in [2.24, 2.45) is 11.8 Å². The molecule has 0 saturated carbocycles. The minimum absolute atomic E-state index is 0.232. The summed E-state index contributed by atoms with van der Waals surface area (Å²) in [6.45, 7) is 4.81. The van der Waals surface area contributed by atoms with Gasteiger partial charge in [0.25, 0.3) is 6.47 Å². The molecule has 0 fully saturated rings. The van der Waals surface area contributed by atoms with E-state index in [9.17, 15) is 14.7 Å². The first-order valence-electron chi connectivity index (χ1n) is 9.04. The van der Waals surface area contributed by atoms with Crippen molar-refractivity contribution in [3.63, 3.8) is 0 Å². The molecule has 1 aromatic carbocycles. The van der Waals surface area contributed by atoms with Crippen molar-refractivity contribution in [1.29, 1.82) is 0 Å². The zero-order valence-electron chi connectivity index (χ0n) is 15.8. The Balaban J connectivity index is 2.14. The Kier molecular flexibility index (Phi) is 8.33. The van der Waals surface area contributed by atoms with Crippen LogP contribution in [0.25, 0.3) is 0 Å². The monoisotopic (exact) mass is 426 g/mol. The van der Waals surface area contributed by atoms with Crippen molar-refractivity contribution in [3.05, 3.63) is 52.0 Å². The fraction of sp³-hybridized carbons (Fsp3) is 0.450. The van der Waals surface area contributed by atoms with E-state index >= 15 is 0 Å². The summed E-state index contributed by atoms with van der Waals surface area (Å²) in [6.07, 6.45) is 3.95. The predicted molar refractivity (Wildman–Crippen MR) is 108 cm³/mol. The van der Waals surface area contributed by atoms with Crippen molar-refractivity contribution in [1.82, 2.24) is 9.55 Å². The molecule has 0 amide bonds. The van der Waals surface area contributed by atoms with E-state index in [0.717, 1.165) is 11.3 Å². The van der Waals surface area contributed by atoms with Crippen LogP contribution in [-0.4, -0.2) is 33.2 Å². The molecule has 0 aliphatic rings. The fourth-order valence-electron chi connectivity index (χ4n) is 3.24. The Morgan fingerprint density at radius 1 is 1.25 bits per heavy atom. The second kappa shape index (κ2) is 10.5. The van der Waals surface area contributed by atoms with Gasteiger partial charge in [-0.2, -0.15) is 0 Å². The summed E-state index contributed by atoms with van der Waals surface area (Å²) in [5.41, 5.74) is 1.74. The summed E-state index contributed by atoms with van der Waals surface area (Å²) >= 11 is 12.1. The first kappa shape index (κ1) is 22.2. The van der Waals surface area contributed by atoms with Gasteiger partial charge in [0.1, 0.15) is 6.10 Å². The second-order valence-electron chi connectivity index (χ2n) is 7.25. The maximum atomic E-state index is 11.6. The average Bonchev–Trinajstić information content (AvgIpc) is 2.99. The Bertz CT molecular complexity index is 787. The average molecular weight is 427 g/mol. The molecule has 0 aliphatic carbocycles. The highest BCUT2D eigenvalue weighted by atomic mass is 35.5. The lowest BCUT2D eigenvalue weighted by molar-refractivity contribution is -0.146. The van der Waals surface area contributed by atoms with Gasteiger partial charge in [0.2, 0.25) is 0 Å². The molecule has 0 spiro atoms. The number of aromatic nitrogens is 2. The zero-order chi connectivity index (χ0) is 20.7. The Hall–Kier alpha value is -2.05. The lowest BCUT2D eigenvalue weighted by Crippen LogP contribution is -2.26. The molecule has 2 atom stereocenters. The van der Waals surface area contributed by atoms with Crippen LogP contribution in [-0.2, 0) is 27.3 Å². The van der Waals surface area contributed by atoms with Crippen LogP contribution in [0, 0.1) is 11.8 Å². The lowest BCUT2D eigenvalue weighted by atomic mass is 9.90. The first-order valence-corrected chi connectivity index (χ1v) is 9.80. The third kappa shape index (κ3) is 6.84. The van der Waals surface area contributed by atoms with Gasteiger partial charge in [-0.15, -0.1) is 0 Å². The van der Waals surface area contributed by atoms with Crippen molar-refractivity contribution in [2.45, 2.75) is 45.8 Å². The second-order valence-corrected chi connectivity index (χ2v) is 8.12. The molecule has 0 saturated heterocycles. The number of benzene rings is 1. The van der Waals surface area contributed by atoms with E-state index in [1.807, 2.05) is 30.5 Å². The number of carbonyl (C=O) groups is 2. The quantitative estimate of drug-likeness (QED) is 0.536. The number of rotatable bonds is 11. The molecule has 28 heavy (non-hydrogen) atoms. The number of nitrogens with zero attached hydrogens (tertiary/aromatic N) is 2. The van der Waals surface area contributed by atoms with Gasteiger partial charge in [0.15, 0.2) is 0 Å². The van der Waals surface area contributed by atoms with Gasteiger partial charge in [-0.05, 0) is 42.5 Å². The highest BCUT2D eigenvalue weighted by Gasteiger charge is 2.25. The SMILES string of the molecule is CC(C)C[C@@H](C[C@@H](Cc1cncn1Cc1cc(Cl)cc(Cl)c1)OC=O)C(=O)O. The van der Waals surface area contributed by atoms with Gasteiger partial charge in [-0.25, -0.2) is 4.98 Å². The summed E-state index contributed by atoms with van der Waals surface area (Å²) < 4.78 is 7.10. The third-order valence-corrected chi connectivity index (χ3v) is 4.85. The minimum Gasteiger partial charge on any atom is -0.481 e. The summed E-state index contributed by atoms with van der Waals surface area (Å²) in [7, 11) is 0. The lowest BCUT2D eigenvalue weighted by Gasteiger charge is -2.21. The molecule has 2 rings (SSSR count). The minimum atomic E-state index is -0.879. The topological polar surface area (TPSA) is 81.4 Å². The van der Waals surface area contributed by atoms with E-state index in [1.54, 1.807) is 18.6 Å². The van der Waals surface area contributed by atoms with E-state index in [-0.39, 0.29) is 12.3 Å². The van der Waals surface area contributed by atoms with Gasteiger partial charge in [-0.3, -0.25) is 9.59 Å². The molecule has 8 heteroatoms. The molecule has 2 aromatic rings. The smallest absolute Gasteiger partial charge is 0.306 e. The molecule has 0 bridgehead atoms. The molecule has 1 aromatic heterocycles. The molecular weight excluding hydrogens is 403 g/mol. The van der Waals surface area contributed by atoms with Crippen molar-refractivity contribution >= 4 is 35.6 Å². The summed E-state index contributed by atoms with van der Waals surface area (Å²) in [6, 6.07) is 5.30. The van der Waals surface area contributed by atoms with E-state index in [2.05, 4.69) is 4.98 Å². The van der Waals surface area contributed by atoms with E-state index < -0.39 is 18.0 Å². The number of halogens is 2. The molecule has 0 unspecified atom stereocenters. The molecule has 1 N–H and O–H groups in total. The molecular formula is C20H24Cl2N2O4. The molecule has 0 radical (unpaired) electrons. The first-order chi connectivity index (χ1) is 13.3. The van der Waals surface area contributed by atoms with Gasteiger partial charge in [-0.1, -0.05) is 37.0 Å². The summed E-state index contributed by atoms with van der Waals surface area (Å²) in [4.78, 5) is 26.7. The number of ether oxygens (including phenoxy) is 1. The van der Waals surface area contributed by atoms with Crippen molar-refractivity contribution < 1.29 is 19.4 Å². The van der Waals surface area contributed by atoms with Gasteiger partial charge in [0.05, 0.1) is 12.2 Å². The Morgan fingerprint density at radius 3 is 2.50 bits per heavy atom. The van der Waals surface area contributed by atoms with E-state index in [0.29, 0.717) is 35.9 Å². The standard InChI is InChI=1S/C20H24Cl2N2O4/c1-13(2)3-15(20(26)27)6-19(28-12-25)8-18-9-23-11-24(18)10-14-4-16(21)7-17(22)5-14/h4-5,7,9,11-13,15,19H,3,6,8,10H2,1-2H3,(H,26,27)/t15-,19-/m0/s1. The predicted octanol–water partition coefficient (Wildman–Crippen LogP) is 4.46. The maximum absolute atomic E-state index is 11.6. The maximum Gasteiger partial charge on any atom is 0.306 e. The van der Waals surface area contributed by atoms with Crippen LogP contribution in [0.2, 0.25) is 10.0 Å². The van der Waals surface area contributed by atoms with Crippen molar-refractivity contribution in [3.8, 4) is 0 Å². The number of hydrogen-bond donors (Lipinski definition) is 1. The van der Waals surface area contributed by atoms with Crippen LogP contribution in [0.5, 0.6) is 0 Å². The molecule has 1 heterocycles. The van der Waals surface area contributed by atoms with E-state index in [1.165, 1.54) is 0 Å². The van der Waals surface area contributed by atoms with Crippen LogP contribution in [0.3, 0.4) is 0 Å². The molecule has 152 valence electrons. The molecule has 0 aliphatic heterocycles. The zero-order valence-corrected chi connectivity index (χ0v) is 17.4. The van der Waals surface area contributed by atoms with Gasteiger partial charge < -0.3 is 14.4 Å².